The quantitative estimate of drug-likeness (QED) is 0.934. The van der Waals surface area contributed by atoms with Crippen LogP contribution in [0, 0.1) is 6.92 Å². The third kappa shape index (κ3) is 2.89. The predicted molar refractivity (Wildman–Crippen MR) is 81.8 cm³/mol. The van der Waals surface area contributed by atoms with E-state index in [4.69, 9.17) is 26.8 Å². The van der Waals surface area contributed by atoms with Crippen LogP contribution in [-0.2, 0) is 0 Å². The summed E-state index contributed by atoms with van der Waals surface area (Å²) in [6, 6.07) is 11.1. The maximum Gasteiger partial charge on any atom is 0.125 e. The molecule has 4 heteroatoms. The van der Waals surface area contributed by atoms with E-state index in [9.17, 15) is 0 Å². The molecule has 3 nitrogen and oxygen atoms in total. The molecule has 0 aliphatic rings. The molecule has 0 aliphatic carbocycles. The zero-order valence-corrected chi connectivity index (χ0v) is 12.6. The van der Waals surface area contributed by atoms with Gasteiger partial charge >= 0.3 is 0 Å². The van der Waals surface area contributed by atoms with Crippen molar-refractivity contribution in [3.05, 3.63) is 58.1 Å². The second kappa shape index (κ2) is 6.16. The fourth-order valence-electron chi connectivity index (χ4n) is 2.22. The molecule has 2 aromatic carbocycles. The molecule has 0 spiro atoms. The van der Waals surface area contributed by atoms with Crippen LogP contribution >= 0.6 is 11.6 Å². The largest absolute Gasteiger partial charge is 0.496 e. The first-order valence-electron chi connectivity index (χ1n) is 6.30. The van der Waals surface area contributed by atoms with Gasteiger partial charge in [-0.1, -0.05) is 29.8 Å². The van der Waals surface area contributed by atoms with Gasteiger partial charge in [0.05, 0.1) is 20.3 Å². The van der Waals surface area contributed by atoms with Gasteiger partial charge in [0.15, 0.2) is 0 Å². The highest BCUT2D eigenvalue weighted by atomic mass is 35.5. The monoisotopic (exact) mass is 291 g/mol. The lowest BCUT2D eigenvalue weighted by Crippen LogP contribution is -2.13. The Hall–Kier alpha value is -1.71. The van der Waals surface area contributed by atoms with E-state index in [0.29, 0.717) is 10.8 Å². The number of hydrogen-bond acceptors (Lipinski definition) is 3. The van der Waals surface area contributed by atoms with E-state index in [1.165, 1.54) is 0 Å². The molecular weight excluding hydrogens is 274 g/mol. The summed E-state index contributed by atoms with van der Waals surface area (Å²) in [6.07, 6.45) is 0. The van der Waals surface area contributed by atoms with Crippen molar-refractivity contribution >= 4 is 11.6 Å². The molecule has 0 heterocycles. The maximum atomic E-state index is 6.34. The lowest BCUT2D eigenvalue weighted by molar-refractivity contribution is 0.407. The smallest absolute Gasteiger partial charge is 0.125 e. The summed E-state index contributed by atoms with van der Waals surface area (Å²) in [5.74, 6) is 1.54. The van der Waals surface area contributed by atoms with Crippen LogP contribution in [0.4, 0.5) is 0 Å². The van der Waals surface area contributed by atoms with E-state index < -0.39 is 0 Å². The van der Waals surface area contributed by atoms with Gasteiger partial charge in [0.2, 0.25) is 0 Å². The summed E-state index contributed by atoms with van der Waals surface area (Å²) < 4.78 is 10.6. The van der Waals surface area contributed by atoms with E-state index in [0.717, 1.165) is 22.4 Å². The summed E-state index contributed by atoms with van der Waals surface area (Å²) >= 11 is 5.97. The van der Waals surface area contributed by atoms with Gasteiger partial charge in [0.1, 0.15) is 11.5 Å². The van der Waals surface area contributed by atoms with Crippen molar-refractivity contribution in [2.24, 2.45) is 5.73 Å². The molecule has 2 N–H and O–H groups in total. The summed E-state index contributed by atoms with van der Waals surface area (Å²) in [6.45, 7) is 1.99. The molecule has 0 saturated heterocycles. The Morgan fingerprint density at radius 3 is 2.30 bits per heavy atom. The minimum atomic E-state index is -0.271. The molecule has 2 aromatic rings. The summed E-state index contributed by atoms with van der Waals surface area (Å²) in [7, 11) is 3.27. The van der Waals surface area contributed by atoms with Crippen molar-refractivity contribution in [3.63, 3.8) is 0 Å². The van der Waals surface area contributed by atoms with E-state index in [1.54, 1.807) is 20.3 Å². The zero-order valence-electron chi connectivity index (χ0n) is 11.8. The fourth-order valence-corrected chi connectivity index (χ4v) is 2.38. The third-order valence-corrected chi connectivity index (χ3v) is 3.54. The first-order valence-corrected chi connectivity index (χ1v) is 6.68. The average molecular weight is 292 g/mol. The van der Waals surface area contributed by atoms with Gasteiger partial charge in [0.25, 0.3) is 0 Å². The van der Waals surface area contributed by atoms with Gasteiger partial charge < -0.3 is 15.2 Å². The molecule has 0 fully saturated rings. The van der Waals surface area contributed by atoms with Crippen molar-refractivity contribution in [1.29, 1.82) is 0 Å². The molecule has 0 radical (unpaired) electrons. The number of hydrogen-bond donors (Lipinski definition) is 1. The molecule has 0 aromatic heterocycles. The number of benzene rings is 2. The highest BCUT2D eigenvalue weighted by molar-refractivity contribution is 6.30. The lowest BCUT2D eigenvalue weighted by atomic mass is 9.97. The molecule has 0 bridgehead atoms. The van der Waals surface area contributed by atoms with E-state index in [1.807, 2.05) is 37.3 Å². The number of nitrogens with two attached hydrogens (primary N) is 1. The minimum Gasteiger partial charge on any atom is -0.496 e. The maximum absolute atomic E-state index is 6.34. The Bertz CT molecular complexity index is 613. The van der Waals surface area contributed by atoms with Crippen LogP contribution in [0.15, 0.2) is 36.4 Å². The van der Waals surface area contributed by atoms with E-state index in [-0.39, 0.29) is 6.04 Å². The minimum absolute atomic E-state index is 0.271. The van der Waals surface area contributed by atoms with Gasteiger partial charge in [-0.3, -0.25) is 0 Å². The molecule has 20 heavy (non-hydrogen) atoms. The first kappa shape index (κ1) is 14.7. The third-order valence-electron chi connectivity index (χ3n) is 3.31. The normalized spacial score (nSPS) is 12.1. The van der Waals surface area contributed by atoms with E-state index >= 15 is 0 Å². The van der Waals surface area contributed by atoms with Crippen LogP contribution in [0.1, 0.15) is 22.7 Å². The Balaban J connectivity index is 2.40. The Morgan fingerprint density at radius 1 is 1.00 bits per heavy atom. The predicted octanol–water partition coefficient (Wildman–Crippen LogP) is 3.71. The number of ether oxygens (including phenoxy) is 2. The van der Waals surface area contributed by atoms with Gasteiger partial charge in [-0.25, -0.2) is 0 Å². The Labute approximate surface area is 124 Å². The zero-order chi connectivity index (χ0) is 14.7. The Kier molecular flexibility index (Phi) is 4.53. The van der Waals surface area contributed by atoms with Crippen LogP contribution in [0.5, 0.6) is 11.5 Å². The topological polar surface area (TPSA) is 44.5 Å². The van der Waals surface area contributed by atoms with Crippen molar-refractivity contribution in [2.45, 2.75) is 13.0 Å². The molecule has 0 amide bonds. The van der Waals surface area contributed by atoms with E-state index in [2.05, 4.69) is 0 Å². The van der Waals surface area contributed by atoms with Crippen LogP contribution < -0.4 is 15.2 Å². The Morgan fingerprint density at radius 2 is 1.70 bits per heavy atom. The summed E-state index contributed by atoms with van der Waals surface area (Å²) in [5, 5.41) is 0.628. The number of halogens is 1. The van der Waals surface area contributed by atoms with Crippen molar-refractivity contribution in [2.75, 3.05) is 14.2 Å². The van der Waals surface area contributed by atoms with Crippen LogP contribution in [0.3, 0.4) is 0 Å². The number of methoxy groups -OCH3 is 2. The van der Waals surface area contributed by atoms with Gasteiger partial charge in [-0.05, 0) is 36.2 Å². The molecule has 106 valence electrons. The highest BCUT2D eigenvalue weighted by Gasteiger charge is 2.15. The van der Waals surface area contributed by atoms with Gasteiger partial charge in [-0.15, -0.1) is 0 Å². The second-order valence-corrected chi connectivity index (χ2v) is 5.03. The van der Waals surface area contributed by atoms with Crippen LogP contribution in [0.25, 0.3) is 0 Å². The molecule has 1 unspecified atom stereocenters. The van der Waals surface area contributed by atoms with Crippen molar-refractivity contribution in [3.8, 4) is 11.5 Å². The second-order valence-electron chi connectivity index (χ2n) is 4.59. The summed E-state index contributed by atoms with van der Waals surface area (Å²) in [4.78, 5) is 0. The van der Waals surface area contributed by atoms with Crippen molar-refractivity contribution < 1.29 is 9.47 Å². The number of rotatable bonds is 4. The standard InChI is InChI=1S/C16H18ClNO2/c1-10-8-11(4-7-14(10)19-2)16(18)13-6-5-12(17)9-15(13)20-3/h4-9,16H,18H2,1-3H3. The highest BCUT2D eigenvalue weighted by Crippen LogP contribution is 2.32. The molecular formula is C16H18ClNO2. The van der Waals surface area contributed by atoms with Crippen LogP contribution in [0.2, 0.25) is 5.02 Å². The lowest BCUT2D eigenvalue weighted by Gasteiger charge is -2.17. The summed E-state index contributed by atoms with van der Waals surface area (Å²) in [5.41, 5.74) is 9.30. The SMILES string of the molecule is COc1ccc(C(N)c2ccc(Cl)cc2OC)cc1C. The van der Waals surface area contributed by atoms with Gasteiger partial charge in [-0.2, -0.15) is 0 Å². The first-order chi connectivity index (χ1) is 9.56. The van der Waals surface area contributed by atoms with Crippen LogP contribution in [-0.4, -0.2) is 14.2 Å². The van der Waals surface area contributed by atoms with Crippen molar-refractivity contribution in [1.82, 2.24) is 0 Å². The van der Waals surface area contributed by atoms with Gasteiger partial charge in [0, 0.05) is 10.6 Å². The fraction of sp³-hybridized carbons (Fsp3) is 0.250. The molecule has 0 saturated carbocycles. The molecule has 2 rings (SSSR count). The number of aryl methyl sites for hydroxylation is 1. The average Bonchev–Trinajstić information content (AvgIpc) is 2.46. The molecule has 0 aliphatic heterocycles. The molecule has 1 atom stereocenters.